The number of halogens is 1. The van der Waals surface area contributed by atoms with Gasteiger partial charge < -0.3 is 0 Å². The van der Waals surface area contributed by atoms with Crippen LogP contribution in [0, 0.1) is 5.82 Å². The molecule has 6 heteroatoms. The van der Waals surface area contributed by atoms with Gasteiger partial charge in [0.15, 0.2) is 0 Å². The van der Waals surface area contributed by atoms with Crippen molar-refractivity contribution in [2.75, 3.05) is 0 Å². The number of thioether (sulfide) groups is 1. The Labute approximate surface area is 131 Å². The smallest absolute Gasteiger partial charge is 0.206 e. The fourth-order valence-electron chi connectivity index (χ4n) is 1.82. The van der Waals surface area contributed by atoms with Gasteiger partial charge in [-0.1, -0.05) is 60.3 Å². The Kier molecular flexibility index (Phi) is 4.60. The first-order chi connectivity index (χ1) is 10.8. The standard InChI is InChI=1S/C16H13FN4S/c17-15-9-5-4-8-14(15)10-19-21-12-18-20-16(21)22-11-13-6-2-1-3-7-13/h1-10,12H,11H2/b19-10-. The molecule has 0 radical (unpaired) electrons. The van der Waals surface area contributed by atoms with Crippen LogP contribution in [0.2, 0.25) is 0 Å². The van der Waals surface area contributed by atoms with Crippen LogP contribution >= 0.6 is 11.8 Å². The summed E-state index contributed by atoms with van der Waals surface area (Å²) in [5.41, 5.74) is 1.62. The van der Waals surface area contributed by atoms with Gasteiger partial charge in [-0.3, -0.25) is 0 Å². The minimum atomic E-state index is -0.308. The Hall–Kier alpha value is -2.47. The van der Waals surface area contributed by atoms with Gasteiger partial charge in [-0.15, -0.1) is 10.2 Å². The fourth-order valence-corrected chi connectivity index (χ4v) is 2.64. The van der Waals surface area contributed by atoms with Crippen LogP contribution in [0.5, 0.6) is 0 Å². The molecular formula is C16H13FN4S. The average Bonchev–Trinajstić information content (AvgIpc) is 3.01. The first-order valence-electron chi connectivity index (χ1n) is 6.68. The van der Waals surface area contributed by atoms with E-state index >= 15 is 0 Å². The lowest BCUT2D eigenvalue weighted by Gasteiger charge is -2.01. The van der Waals surface area contributed by atoms with Gasteiger partial charge in [0.2, 0.25) is 5.16 Å². The molecule has 0 amide bonds. The quantitative estimate of drug-likeness (QED) is 0.534. The SMILES string of the molecule is Fc1ccccc1/C=N\n1cnnc1SCc1ccccc1. The highest BCUT2D eigenvalue weighted by Crippen LogP contribution is 2.20. The summed E-state index contributed by atoms with van der Waals surface area (Å²) in [7, 11) is 0. The second-order valence-corrected chi connectivity index (χ2v) is 5.44. The van der Waals surface area contributed by atoms with Crippen molar-refractivity contribution in [3.8, 4) is 0 Å². The maximum absolute atomic E-state index is 13.6. The van der Waals surface area contributed by atoms with Crippen LogP contribution in [0.15, 0.2) is 71.2 Å². The highest BCUT2D eigenvalue weighted by atomic mass is 32.2. The maximum Gasteiger partial charge on any atom is 0.212 e. The number of hydrogen-bond donors (Lipinski definition) is 0. The maximum atomic E-state index is 13.6. The minimum Gasteiger partial charge on any atom is -0.206 e. The largest absolute Gasteiger partial charge is 0.212 e. The molecule has 0 bridgehead atoms. The number of aromatic nitrogens is 3. The molecule has 0 fully saturated rings. The third-order valence-corrected chi connectivity index (χ3v) is 3.94. The summed E-state index contributed by atoms with van der Waals surface area (Å²) in [5, 5.41) is 12.8. The molecule has 1 aromatic heterocycles. The van der Waals surface area contributed by atoms with Crippen LogP contribution in [0.4, 0.5) is 4.39 Å². The van der Waals surface area contributed by atoms with Gasteiger partial charge in [0.05, 0.1) is 6.21 Å². The minimum absolute atomic E-state index is 0.308. The van der Waals surface area contributed by atoms with Crippen LogP contribution in [0.1, 0.15) is 11.1 Å². The van der Waals surface area contributed by atoms with Crippen molar-refractivity contribution < 1.29 is 4.39 Å². The zero-order valence-corrected chi connectivity index (χ0v) is 12.4. The van der Waals surface area contributed by atoms with Crippen molar-refractivity contribution in [2.24, 2.45) is 5.10 Å². The molecule has 0 aliphatic carbocycles. The summed E-state index contributed by atoms with van der Waals surface area (Å²) < 4.78 is 15.1. The van der Waals surface area contributed by atoms with Crippen molar-refractivity contribution in [2.45, 2.75) is 10.9 Å². The molecule has 0 atom stereocenters. The Bertz CT molecular complexity index is 771. The van der Waals surface area contributed by atoms with Gasteiger partial charge in [-0.2, -0.15) is 9.78 Å². The van der Waals surface area contributed by atoms with Gasteiger partial charge in [-0.25, -0.2) is 4.39 Å². The molecular weight excluding hydrogens is 299 g/mol. The molecule has 3 rings (SSSR count). The van der Waals surface area contributed by atoms with Crippen LogP contribution < -0.4 is 0 Å². The molecule has 3 aromatic rings. The summed E-state index contributed by atoms with van der Waals surface area (Å²) >= 11 is 1.53. The summed E-state index contributed by atoms with van der Waals surface area (Å²) in [6.45, 7) is 0. The molecule has 0 aliphatic heterocycles. The van der Waals surface area contributed by atoms with Crippen LogP contribution in [-0.4, -0.2) is 21.1 Å². The van der Waals surface area contributed by atoms with E-state index in [2.05, 4.69) is 27.4 Å². The highest BCUT2D eigenvalue weighted by molar-refractivity contribution is 7.98. The van der Waals surface area contributed by atoms with Crippen molar-refractivity contribution in [3.63, 3.8) is 0 Å². The molecule has 0 unspecified atom stereocenters. The summed E-state index contributed by atoms with van der Waals surface area (Å²) in [5.74, 6) is 0.465. The number of nitrogens with zero attached hydrogens (tertiary/aromatic N) is 4. The Morgan fingerprint density at radius 3 is 2.68 bits per heavy atom. The molecule has 1 heterocycles. The zero-order valence-electron chi connectivity index (χ0n) is 11.6. The van der Waals surface area contributed by atoms with E-state index in [9.17, 15) is 4.39 Å². The van der Waals surface area contributed by atoms with Gasteiger partial charge in [0.1, 0.15) is 12.1 Å². The van der Waals surface area contributed by atoms with Crippen LogP contribution in [0.3, 0.4) is 0 Å². The summed E-state index contributed by atoms with van der Waals surface area (Å²) in [6.07, 6.45) is 2.97. The zero-order chi connectivity index (χ0) is 15.2. The van der Waals surface area contributed by atoms with Crippen LogP contribution in [0.25, 0.3) is 0 Å². The van der Waals surface area contributed by atoms with E-state index in [4.69, 9.17) is 0 Å². The lowest BCUT2D eigenvalue weighted by Crippen LogP contribution is -1.94. The normalized spacial score (nSPS) is 11.1. The van der Waals surface area contributed by atoms with E-state index in [1.807, 2.05) is 18.2 Å². The Balaban J connectivity index is 1.71. The number of hydrogen-bond acceptors (Lipinski definition) is 4. The third kappa shape index (κ3) is 3.59. The Morgan fingerprint density at radius 2 is 1.86 bits per heavy atom. The lowest BCUT2D eigenvalue weighted by molar-refractivity contribution is 0.625. The summed E-state index contributed by atoms with van der Waals surface area (Å²) in [6, 6.07) is 16.6. The molecule has 2 aromatic carbocycles. The lowest BCUT2D eigenvalue weighted by atomic mass is 10.2. The van der Waals surface area contributed by atoms with E-state index in [-0.39, 0.29) is 5.82 Å². The topological polar surface area (TPSA) is 43.1 Å². The van der Waals surface area contributed by atoms with Crippen LogP contribution in [-0.2, 0) is 5.75 Å². The van der Waals surface area contributed by atoms with Crippen molar-refractivity contribution in [1.29, 1.82) is 0 Å². The van der Waals surface area contributed by atoms with E-state index in [1.54, 1.807) is 22.9 Å². The van der Waals surface area contributed by atoms with E-state index in [1.165, 1.54) is 35.9 Å². The van der Waals surface area contributed by atoms with E-state index < -0.39 is 0 Å². The van der Waals surface area contributed by atoms with Gasteiger partial charge in [0.25, 0.3) is 0 Å². The average molecular weight is 312 g/mol. The molecule has 0 aliphatic rings. The molecule has 4 nitrogen and oxygen atoms in total. The number of rotatable bonds is 5. The molecule has 22 heavy (non-hydrogen) atoms. The highest BCUT2D eigenvalue weighted by Gasteiger charge is 2.04. The third-order valence-electron chi connectivity index (χ3n) is 2.94. The second kappa shape index (κ2) is 7.00. The van der Waals surface area contributed by atoms with Gasteiger partial charge >= 0.3 is 0 Å². The molecule has 0 N–H and O–H groups in total. The van der Waals surface area contributed by atoms with E-state index in [0.717, 1.165) is 5.75 Å². The first kappa shape index (κ1) is 14.5. The first-order valence-corrected chi connectivity index (χ1v) is 7.67. The molecule has 0 spiro atoms. The van der Waals surface area contributed by atoms with Gasteiger partial charge in [-0.05, 0) is 11.6 Å². The van der Waals surface area contributed by atoms with Crippen molar-refractivity contribution in [1.82, 2.24) is 14.9 Å². The predicted octanol–water partition coefficient (Wildman–Crippen LogP) is 3.59. The monoisotopic (exact) mass is 312 g/mol. The fraction of sp³-hybridized carbons (Fsp3) is 0.0625. The Morgan fingerprint density at radius 1 is 1.09 bits per heavy atom. The van der Waals surface area contributed by atoms with Crippen molar-refractivity contribution in [3.05, 3.63) is 77.9 Å². The summed E-state index contributed by atoms with van der Waals surface area (Å²) in [4.78, 5) is 0. The molecule has 110 valence electrons. The molecule has 0 saturated heterocycles. The van der Waals surface area contributed by atoms with Crippen molar-refractivity contribution >= 4 is 18.0 Å². The number of benzene rings is 2. The molecule has 0 saturated carbocycles. The second-order valence-electron chi connectivity index (χ2n) is 4.50. The predicted molar refractivity (Wildman–Crippen MR) is 85.4 cm³/mol. The van der Waals surface area contributed by atoms with E-state index in [0.29, 0.717) is 10.7 Å². The van der Waals surface area contributed by atoms with Gasteiger partial charge in [0, 0.05) is 11.3 Å².